The van der Waals surface area contributed by atoms with Gasteiger partial charge < -0.3 is 10.6 Å². The van der Waals surface area contributed by atoms with Crippen molar-refractivity contribution in [2.45, 2.75) is 19.8 Å². The van der Waals surface area contributed by atoms with E-state index in [4.69, 9.17) is 0 Å². The molecule has 0 unspecified atom stereocenters. The first-order valence-corrected chi connectivity index (χ1v) is 8.16. The Morgan fingerprint density at radius 2 is 1.92 bits per heavy atom. The number of carbonyl (C=O) groups excluding carboxylic acids is 1. The zero-order valence-corrected chi connectivity index (χ0v) is 13.9. The summed E-state index contributed by atoms with van der Waals surface area (Å²) in [5.74, 6) is 0.789. The van der Waals surface area contributed by atoms with Crippen LogP contribution in [0, 0.1) is 5.82 Å². The van der Waals surface area contributed by atoms with Crippen molar-refractivity contribution in [2.75, 3.05) is 18.4 Å². The van der Waals surface area contributed by atoms with Crippen LogP contribution in [0.5, 0.6) is 0 Å². The normalized spacial score (nSPS) is 10.8. The van der Waals surface area contributed by atoms with Gasteiger partial charge in [0, 0.05) is 25.1 Å². The molecule has 25 heavy (non-hydrogen) atoms. The number of anilines is 1. The molecule has 3 rings (SSSR count). The quantitative estimate of drug-likeness (QED) is 0.687. The van der Waals surface area contributed by atoms with E-state index in [9.17, 15) is 9.18 Å². The van der Waals surface area contributed by atoms with E-state index in [1.165, 1.54) is 24.3 Å². The molecule has 0 aliphatic heterocycles. The van der Waals surface area contributed by atoms with E-state index in [0.717, 1.165) is 18.8 Å². The summed E-state index contributed by atoms with van der Waals surface area (Å²) in [6.07, 6.45) is 1.49. The van der Waals surface area contributed by atoms with Crippen molar-refractivity contribution in [3.63, 3.8) is 0 Å². The summed E-state index contributed by atoms with van der Waals surface area (Å²) in [5.41, 5.74) is 1.07. The van der Waals surface area contributed by atoms with Crippen LogP contribution < -0.4 is 10.6 Å². The molecule has 3 aromatic rings. The maximum Gasteiger partial charge on any atom is 0.251 e. The van der Waals surface area contributed by atoms with Gasteiger partial charge in [0.05, 0.1) is 0 Å². The number of benzene rings is 1. The van der Waals surface area contributed by atoms with E-state index in [2.05, 4.69) is 32.9 Å². The number of fused-ring (bicyclic) bond motifs is 1. The molecule has 0 aliphatic carbocycles. The highest BCUT2D eigenvalue weighted by atomic mass is 19.1. The minimum atomic E-state index is -0.370. The Morgan fingerprint density at radius 1 is 1.12 bits per heavy atom. The highest BCUT2D eigenvalue weighted by Crippen LogP contribution is 2.08. The molecule has 1 amide bonds. The van der Waals surface area contributed by atoms with Gasteiger partial charge >= 0.3 is 0 Å². The Bertz CT molecular complexity index is 861. The van der Waals surface area contributed by atoms with Crippen molar-refractivity contribution >= 4 is 17.4 Å². The van der Waals surface area contributed by atoms with Crippen LogP contribution in [0.15, 0.2) is 36.4 Å². The summed E-state index contributed by atoms with van der Waals surface area (Å²) in [7, 11) is 0. The average Bonchev–Trinajstić information content (AvgIpc) is 3.03. The molecule has 0 bridgehead atoms. The fraction of sp³-hybridized carbons (Fsp3) is 0.294. The first kappa shape index (κ1) is 16.8. The van der Waals surface area contributed by atoms with Crippen molar-refractivity contribution in [2.24, 2.45) is 0 Å². The summed E-state index contributed by atoms with van der Waals surface area (Å²) in [4.78, 5) is 12.0. The van der Waals surface area contributed by atoms with Crippen LogP contribution in [0.4, 0.5) is 10.2 Å². The molecule has 8 heteroatoms. The molecule has 0 aliphatic rings. The lowest BCUT2D eigenvalue weighted by Gasteiger charge is -2.06. The molecule has 2 heterocycles. The number of aromatic nitrogens is 4. The largest absolute Gasteiger partial charge is 0.369 e. The summed E-state index contributed by atoms with van der Waals surface area (Å²) >= 11 is 0. The SMILES string of the molecule is CCCNc1ccc2nnc(CCNC(=O)c3ccc(F)cc3)n2n1. The molecular weight excluding hydrogens is 323 g/mol. The highest BCUT2D eigenvalue weighted by Gasteiger charge is 2.09. The monoisotopic (exact) mass is 342 g/mol. The van der Waals surface area contributed by atoms with Gasteiger partial charge in [0.2, 0.25) is 0 Å². The van der Waals surface area contributed by atoms with E-state index < -0.39 is 0 Å². The second kappa shape index (κ2) is 7.69. The van der Waals surface area contributed by atoms with Gasteiger partial charge in [-0.3, -0.25) is 4.79 Å². The van der Waals surface area contributed by atoms with Gasteiger partial charge in [-0.1, -0.05) is 6.92 Å². The summed E-state index contributed by atoms with van der Waals surface area (Å²) in [6.45, 7) is 3.30. The number of halogens is 1. The van der Waals surface area contributed by atoms with Crippen molar-refractivity contribution < 1.29 is 9.18 Å². The van der Waals surface area contributed by atoms with Crippen LogP contribution >= 0.6 is 0 Å². The molecule has 0 atom stereocenters. The molecule has 130 valence electrons. The molecule has 1 aromatic carbocycles. The third-order valence-corrected chi connectivity index (χ3v) is 3.62. The average molecular weight is 342 g/mol. The van der Waals surface area contributed by atoms with Gasteiger partial charge in [-0.15, -0.1) is 15.3 Å². The predicted octanol–water partition coefficient (Wildman–Crippen LogP) is 2.06. The van der Waals surface area contributed by atoms with Gasteiger partial charge in [-0.05, 0) is 42.8 Å². The van der Waals surface area contributed by atoms with Crippen LogP contribution in [0.2, 0.25) is 0 Å². The summed E-state index contributed by atoms with van der Waals surface area (Å²) in [6, 6.07) is 9.12. The number of nitrogens with one attached hydrogen (secondary N) is 2. The van der Waals surface area contributed by atoms with Gasteiger partial charge in [0.15, 0.2) is 11.5 Å². The van der Waals surface area contributed by atoms with E-state index in [0.29, 0.717) is 30.0 Å². The van der Waals surface area contributed by atoms with E-state index in [-0.39, 0.29) is 11.7 Å². The van der Waals surface area contributed by atoms with Crippen molar-refractivity contribution in [1.29, 1.82) is 0 Å². The molecule has 2 N–H and O–H groups in total. The molecule has 0 spiro atoms. The highest BCUT2D eigenvalue weighted by molar-refractivity contribution is 5.94. The topological polar surface area (TPSA) is 84.2 Å². The Hall–Kier alpha value is -3.03. The fourth-order valence-corrected chi connectivity index (χ4v) is 2.33. The lowest BCUT2D eigenvalue weighted by molar-refractivity contribution is 0.0954. The Morgan fingerprint density at radius 3 is 2.68 bits per heavy atom. The zero-order valence-electron chi connectivity index (χ0n) is 13.9. The predicted molar refractivity (Wildman–Crippen MR) is 92.0 cm³/mol. The number of hydrogen-bond donors (Lipinski definition) is 2. The van der Waals surface area contributed by atoms with Crippen LogP contribution in [0.25, 0.3) is 5.65 Å². The van der Waals surface area contributed by atoms with Gasteiger partial charge in [0.1, 0.15) is 11.6 Å². The zero-order chi connectivity index (χ0) is 17.6. The van der Waals surface area contributed by atoms with E-state index >= 15 is 0 Å². The number of carbonyl (C=O) groups is 1. The molecule has 0 radical (unpaired) electrons. The molecule has 0 fully saturated rings. The summed E-state index contributed by atoms with van der Waals surface area (Å²) in [5, 5.41) is 18.7. The smallest absolute Gasteiger partial charge is 0.251 e. The lowest BCUT2D eigenvalue weighted by Crippen LogP contribution is -2.26. The molecule has 2 aromatic heterocycles. The van der Waals surface area contributed by atoms with Crippen LogP contribution in [0.1, 0.15) is 29.5 Å². The van der Waals surface area contributed by atoms with Crippen LogP contribution in [0.3, 0.4) is 0 Å². The van der Waals surface area contributed by atoms with E-state index in [1.807, 2.05) is 12.1 Å². The minimum absolute atomic E-state index is 0.257. The Balaban J connectivity index is 1.62. The van der Waals surface area contributed by atoms with Crippen molar-refractivity contribution in [1.82, 2.24) is 25.1 Å². The molecular formula is C17H19FN6O. The van der Waals surface area contributed by atoms with Gasteiger partial charge in [0.25, 0.3) is 5.91 Å². The van der Waals surface area contributed by atoms with E-state index in [1.54, 1.807) is 4.52 Å². The maximum absolute atomic E-state index is 12.9. The molecule has 0 saturated heterocycles. The van der Waals surface area contributed by atoms with Crippen molar-refractivity contribution in [3.05, 3.63) is 53.6 Å². The molecule has 7 nitrogen and oxygen atoms in total. The Labute approximate surface area is 144 Å². The van der Waals surface area contributed by atoms with Crippen LogP contribution in [-0.4, -0.2) is 38.8 Å². The van der Waals surface area contributed by atoms with Gasteiger partial charge in [-0.25, -0.2) is 4.39 Å². The minimum Gasteiger partial charge on any atom is -0.369 e. The van der Waals surface area contributed by atoms with Gasteiger partial charge in [-0.2, -0.15) is 4.52 Å². The lowest BCUT2D eigenvalue weighted by atomic mass is 10.2. The first-order chi connectivity index (χ1) is 12.2. The van der Waals surface area contributed by atoms with Crippen molar-refractivity contribution in [3.8, 4) is 0 Å². The first-order valence-electron chi connectivity index (χ1n) is 8.16. The number of amides is 1. The number of rotatable bonds is 7. The fourth-order valence-electron chi connectivity index (χ4n) is 2.33. The second-order valence-corrected chi connectivity index (χ2v) is 5.54. The third kappa shape index (κ3) is 4.09. The second-order valence-electron chi connectivity index (χ2n) is 5.54. The summed E-state index contributed by atoms with van der Waals surface area (Å²) < 4.78 is 14.6. The maximum atomic E-state index is 12.9. The Kier molecular flexibility index (Phi) is 5.17. The third-order valence-electron chi connectivity index (χ3n) is 3.62. The number of nitrogens with zero attached hydrogens (tertiary/aromatic N) is 4. The molecule has 0 saturated carbocycles. The standard InChI is InChI=1S/C17H19FN6O/c1-2-10-19-14-7-8-15-21-22-16(24(15)23-14)9-11-20-17(25)12-3-5-13(18)6-4-12/h3-8H,2,9-11H2,1H3,(H,19,23)(H,20,25). The van der Waals surface area contributed by atoms with Crippen LogP contribution in [-0.2, 0) is 6.42 Å². The number of hydrogen-bond acceptors (Lipinski definition) is 5.